The number of esters is 2. The van der Waals surface area contributed by atoms with Crippen molar-refractivity contribution in [2.45, 2.75) is 39.8 Å². The quantitative estimate of drug-likeness (QED) is 0.628. The highest BCUT2D eigenvalue weighted by Crippen LogP contribution is 2.10. The molecule has 0 aromatic heterocycles. The van der Waals surface area contributed by atoms with Crippen molar-refractivity contribution >= 4 is 29.5 Å². The van der Waals surface area contributed by atoms with E-state index in [0.29, 0.717) is 11.5 Å². The summed E-state index contributed by atoms with van der Waals surface area (Å²) in [7, 11) is 0. The third-order valence-electron chi connectivity index (χ3n) is 2.34. The summed E-state index contributed by atoms with van der Waals surface area (Å²) >= 11 is 1.39. The van der Waals surface area contributed by atoms with Crippen LogP contribution in [0.4, 0.5) is 0 Å². The first-order chi connectivity index (χ1) is 9.23. The first-order valence-corrected chi connectivity index (χ1v) is 7.57. The Kier molecular flexibility index (Phi) is 9.24. The number of ether oxygens (including phenoxy) is 2. The van der Waals surface area contributed by atoms with Crippen molar-refractivity contribution in [1.29, 1.82) is 0 Å². The lowest BCUT2D eigenvalue weighted by atomic mass is 10.0. The molecule has 2 unspecified atom stereocenters. The van der Waals surface area contributed by atoms with E-state index in [0.717, 1.165) is 0 Å². The molecule has 7 heteroatoms. The molecule has 0 aliphatic rings. The van der Waals surface area contributed by atoms with Crippen LogP contribution in [0.5, 0.6) is 0 Å². The maximum atomic E-state index is 11.6. The van der Waals surface area contributed by atoms with E-state index in [-0.39, 0.29) is 18.3 Å². The molecule has 0 saturated heterocycles. The smallest absolute Gasteiger partial charge is 0.303 e. The molecule has 0 saturated carbocycles. The van der Waals surface area contributed by atoms with E-state index in [1.54, 1.807) is 13.8 Å². The molecule has 0 bridgehead atoms. The average Bonchev–Trinajstić information content (AvgIpc) is 2.33. The monoisotopic (exact) mass is 305 g/mol. The van der Waals surface area contributed by atoms with Gasteiger partial charge in [0, 0.05) is 31.3 Å². The van der Waals surface area contributed by atoms with Gasteiger partial charge in [0.2, 0.25) is 0 Å². The van der Waals surface area contributed by atoms with Gasteiger partial charge < -0.3 is 15.2 Å². The van der Waals surface area contributed by atoms with E-state index in [1.807, 2.05) is 0 Å². The molecule has 0 aromatic carbocycles. The van der Waals surface area contributed by atoms with E-state index in [4.69, 9.17) is 15.2 Å². The third-order valence-corrected chi connectivity index (χ3v) is 3.54. The van der Waals surface area contributed by atoms with Gasteiger partial charge in [-0.05, 0) is 0 Å². The zero-order chi connectivity index (χ0) is 15.7. The first kappa shape index (κ1) is 18.9. The van der Waals surface area contributed by atoms with Gasteiger partial charge in [-0.2, -0.15) is 11.8 Å². The Morgan fingerprint density at radius 2 is 1.70 bits per heavy atom. The first-order valence-electron chi connectivity index (χ1n) is 6.41. The summed E-state index contributed by atoms with van der Waals surface area (Å²) in [5.41, 5.74) is 5.76. The number of Topliss-reactive ketones (excluding diaryl/α,β-unsaturated/α-hetero) is 1. The van der Waals surface area contributed by atoms with Crippen molar-refractivity contribution in [1.82, 2.24) is 0 Å². The second-order valence-corrected chi connectivity index (χ2v) is 5.81. The van der Waals surface area contributed by atoms with Crippen molar-refractivity contribution in [3.05, 3.63) is 0 Å². The maximum Gasteiger partial charge on any atom is 0.303 e. The number of rotatable bonds is 9. The summed E-state index contributed by atoms with van der Waals surface area (Å²) in [6, 6.07) is -0.535. The van der Waals surface area contributed by atoms with Gasteiger partial charge in [-0.25, -0.2) is 0 Å². The van der Waals surface area contributed by atoms with Gasteiger partial charge in [0.05, 0.1) is 6.04 Å². The molecule has 0 aliphatic carbocycles. The van der Waals surface area contributed by atoms with E-state index in [2.05, 4.69) is 0 Å². The fraction of sp³-hybridized carbons (Fsp3) is 0.769. The topological polar surface area (TPSA) is 95.7 Å². The summed E-state index contributed by atoms with van der Waals surface area (Å²) in [5, 5.41) is 0. The van der Waals surface area contributed by atoms with Gasteiger partial charge in [-0.3, -0.25) is 14.4 Å². The number of thioether (sulfide) groups is 1. The predicted octanol–water partition coefficient (Wildman–Crippen LogP) is 0.767. The minimum absolute atomic E-state index is 0.00141. The zero-order valence-electron chi connectivity index (χ0n) is 12.4. The molecule has 2 N–H and O–H groups in total. The fourth-order valence-corrected chi connectivity index (χ4v) is 2.38. The van der Waals surface area contributed by atoms with Gasteiger partial charge >= 0.3 is 11.9 Å². The molecule has 20 heavy (non-hydrogen) atoms. The normalized spacial score (nSPS) is 13.7. The van der Waals surface area contributed by atoms with Gasteiger partial charge in [-0.1, -0.05) is 13.8 Å². The fourth-order valence-electron chi connectivity index (χ4n) is 1.40. The average molecular weight is 305 g/mol. The molecule has 2 atom stereocenters. The van der Waals surface area contributed by atoms with Gasteiger partial charge in [0.1, 0.15) is 12.7 Å². The number of hydrogen-bond donors (Lipinski definition) is 1. The lowest BCUT2D eigenvalue weighted by molar-refractivity contribution is -0.154. The highest BCUT2D eigenvalue weighted by Gasteiger charge is 2.19. The van der Waals surface area contributed by atoms with Crippen LogP contribution in [0.2, 0.25) is 0 Å². The minimum atomic E-state index is -0.535. The van der Waals surface area contributed by atoms with Crippen LogP contribution in [0.15, 0.2) is 0 Å². The van der Waals surface area contributed by atoms with Crippen molar-refractivity contribution in [3.63, 3.8) is 0 Å². The molecule has 0 aliphatic heterocycles. The van der Waals surface area contributed by atoms with Crippen LogP contribution in [0.25, 0.3) is 0 Å². The van der Waals surface area contributed by atoms with Crippen LogP contribution in [0, 0.1) is 5.92 Å². The lowest BCUT2D eigenvalue weighted by Gasteiger charge is -2.18. The van der Waals surface area contributed by atoms with Crippen LogP contribution >= 0.6 is 11.8 Å². The summed E-state index contributed by atoms with van der Waals surface area (Å²) in [5.74, 6) is -0.109. The SMILES string of the molecule is CC(=O)OCC(CSCC(N)C(=O)C(C)C)OC(C)=O. The highest BCUT2D eigenvalue weighted by molar-refractivity contribution is 7.99. The van der Waals surface area contributed by atoms with Gasteiger partial charge in [-0.15, -0.1) is 0 Å². The predicted molar refractivity (Wildman–Crippen MR) is 77.3 cm³/mol. The molecule has 0 heterocycles. The molecule has 6 nitrogen and oxygen atoms in total. The van der Waals surface area contributed by atoms with Crippen molar-refractivity contribution < 1.29 is 23.9 Å². The van der Waals surface area contributed by atoms with Crippen LogP contribution in [-0.4, -0.2) is 48.0 Å². The number of carbonyl (C=O) groups excluding carboxylic acids is 3. The Bertz CT molecular complexity index is 346. The van der Waals surface area contributed by atoms with E-state index in [9.17, 15) is 14.4 Å². The maximum absolute atomic E-state index is 11.6. The van der Waals surface area contributed by atoms with Crippen molar-refractivity contribution in [2.75, 3.05) is 18.1 Å². The Morgan fingerprint density at radius 3 is 2.15 bits per heavy atom. The Morgan fingerprint density at radius 1 is 1.10 bits per heavy atom. The molecular formula is C13H23NO5S. The van der Waals surface area contributed by atoms with Crippen LogP contribution in [0.1, 0.15) is 27.7 Å². The molecule has 0 rings (SSSR count). The molecule has 0 amide bonds. The van der Waals surface area contributed by atoms with Crippen molar-refractivity contribution in [2.24, 2.45) is 11.7 Å². The summed E-state index contributed by atoms with van der Waals surface area (Å²) < 4.78 is 9.85. The summed E-state index contributed by atoms with van der Waals surface area (Å²) in [4.78, 5) is 33.3. The largest absolute Gasteiger partial charge is 0.462 e. The lowest BCUT2D eigenvalue weighted by Crippen LogP contribution is -2.36. The molecule has 0 aromatic rings. The Balaban J connectivity index is 4.15. The van der Waals surface area contributed by atoms with E-state index in [1.165, 1.54) is 25.6 Å². The number of hydrogen-bond acceptors (Lipinski definition) is 7. The minimum Gasteiger partial charge on any atom is -0.462 e. The second kappa shape index (κ2) is 9.77. The Hall–Kier alpha value is -1.08. The molecule has 0 spiro atoms. The van der Waals surface area contributed by atoms with Gasteiger partial charge in [0.15, 0.2) is 5.78 Å². The summed E-state index contributed by atoms with van der Waals surface area (Å²) in [6.07, 6.45) is -0.525. The second-order valence-electron chi connectivity index (χ2n) is 4.74. The van der Waals surface area contributed by atoms with Crippen molar-refractivity contribution in [3.8, 4) is 0 Å². The Labute approximate surface area is 123 Å². The highest BCUT2D eigenvalue weighted by atomic mass is 32.2. The molecule has 0 radical (unpaired) electrons. The van der Waals surface area contributed by atoms with E-state index >= 15 is 0 Å². The number of carbonyl (C=O) groups is 3. The van der Waals surface area contributed by atoms with Crippen LogP contribution in [0.3, 0.4) is 0 Å². The molecule has 116 valence electrons. The van der Waals surface area contributed by atoms with E-state index < -0.39 is 24.1 Å². The third kappa shape index (κ3) is 8.92. The van der Waals surface area contributed by atoms with Crippen LogP contribution < -0.4 is 5.73 Å². The molecular weight excluding hydrogens is 282 g/mol. The van der Waals surface area contributed by atoms with Crippen LogP contribution in [-0.2, 0) is 23.9 Å². The number of nitrogens with two attached hydrogens (primary N) is 1. The van der Waals surface area contributed by atoms with Gasteiger partial charge in [0.25, 0.3) is 0 Å². The molecule has 0 fully saturated rings. The standard InChI is InChI=1S/C13H23NO5S/c1-8(2)13(17)12(14)7-20-6-11(19-10(4)16)5-18-9(3)15/h8,11-12H,5-7,14H2,1-4H3. The summed E-state index contributed by atoms with van der Waals surface area (Å²) in [6.45, 7) is 6.19. The zero-order valence-corrected chi connectivity index (χ0v) is 13.2. The number of ketones is 1.